The lowest BCUT2D eigenvalue weighted by Gasteiger charge is -2.10. The minimum atomic E-state index is 0.412. The maximum atomic E-state index is 3.68. The highest BCUT2D eigenvalue weighted by atomic mass is 79.9. The summed E-state index contributed by atoms with van der Waals surface area (Å²) >= 11 is 10.7. The molecule has 14 heavy (non-hydrogen) atoms. The monoisotopic (exact) mass is 382 g/mol. The molecule has 0 saturated carbocycles. The van der Waals surface area contributed by atoms with Crippen molar-refractivity contribution in [3.8, 4) is 0 Å². The Morgan fingerprint density at radius 1 is 1.00 bits per heavy atom. The van der Waals surface area contributed by atoms with Gasteiger partial charge in [0.2, 0.25) is 0 Å². The Morgan fingerprint density at radius 3 is 2.21 bits per heavy atom. The Hall–Kier alpha value is 0.660. The van der Waals surface area contributed by atoms with E-state index in [9.17, 15) is 0 Å². The number of alkyl halides is 3. The van der Waals surface area contributed by atoms with Crippen LogP contribution >= 0.6 is 47.8 Å². The number of hydrogen-bond acceptors (Lipinski definition) is 0. The minimum Gasteiger partial charge on any atom is -0.0890 e. The second-order valence-corrected chi connectivity index (χ2v) is 7.98. The largest absolute Gasteiger partial charge is 0.0890 e. The summed E-state index contributed by atoms with van der Waals surface area (Å²) < 4.78 is 0.412. The molecule has 0 radical (unpaired) electrons. The highest BCUT2D eigenvalue weighted by molar-refractivity contribution is 9.24. The smallest absolute Gasteiger partial charge is 0.0708 e. The van der Waals surface area contributed by atoms with Crippen LogP contribution in [0.15, 0.2) is 30.3 Å². The Morgan fingerprint density at radius 2 is 1.64 bits per heavy atom. The first-order valence-corrected chi connectivity index (χ1v) is 7.39. The minimum absolute atomic E-state index is 0.412. The summed E-state index contributed by atoms with van der Waals surface area (Å²) in [5.74, 6) is 0. The molecule has 0 fully saturated rings. The van der Waals surface area contributed by atoms with E-state index in [1.165, 1.54) is 12.0 Å². The van der Waals surface area contributed by atoms with Crippen LogP contribution in [0.5, 0.6) is 0 Å². The molecule has 0 N–H and O–H groups in total. The second-order valence-electron chi connectivity index (χ2n) is 3.25. The molecule has 0 aliphatic rings. The summed E-state index contributed by atoms with van der Waals surface area (Å²) in [6.45, 7) is 0. The van der Waals surface area contributed by atoms with Crippen molar-refractivity contribution in [3.63, 3.8) is 0 Å². The van der Waals surface area contributed by atoms with E-state index in [2.05, 4.69) is 78.1 Å². The van der Waals surface area contributed by atoms with E-state index in [-0.39, 0.29) is 0 Å². The summed E-state index contributed by atoms with van der Waals surface area (Å²) in [7, 11) is 0. The predicted octanol–water partition coefficient (Wildman–Crippen LogP) is 4.89. The third kappa shape index (κ3) is 5.52. The molecule has 1 unspecified atom stereocenters. The summed E-state index contributed by atoms with van der Waals surface area (Å²) in [6, 6.07) is 10.6. The lowest BCUT2D eigenvalue weighted by Crippen LogP contribution is -2.03. The van der Waals surface area contributed by atoms with Crippen LogP contribution < -0.4 is 0 Å². The Balaban J connectivity index is 2.27. The van der Waals surface area contributed by atoms with Gasteiger partial charge in [0.05, 0.1) is 3.74 Å². The van der Waals surface area contributed by atoms with E-state index in [4.69, 9.17) is 0 Å². The van der Waals surface area contributed by atoms with Crippen molar-refractivity contribution in [1.29, 1.82) is 0 Å². The molecule has 0 bridgehead atoms. The van der Waals surface area contributed by atoms with Gasteiger partial charge in [-0.3, -0.25) is 0 Å². The van der Waals surface area contributed by atoms with Gasteiger partial charge in [-0.15, -0.1) is 0 Å². The average Bonchev–Trinajstić information content (AvgIpc) is 2.15. The summed E-state index contributed by atoms with van der Waals surface area (Å²) in [6.07, 6.45) is 3.42. The van der Waals surface area contributed by atoms with Crippen LogP contribution in [-0.2, 0) is 6.42 Å². The fourth-order valence-electron chi connectivity index (χ4n) is 1.28. The molecule has 0 spiro atoms. The maximum Gasteiger partial charge on any atom is 0.0708 e. The molecular formula is C11H13Br3. The number of rotatable bonds is 5. The molecule has 1 aromatic rings. The van der Waals surface area contributed by atoms with E-state index in [1.54, 1.807) is 0 Å². The lowest BCUT2D eigenvalue weighted by molar-refractivity contribution is 0.745. The van der Waals surface area contributed by atoms with Gasteiger partial charge in [-0.25, -0.2) is 0 Å². The predicted molar refractivity (Wildman–Crippen MR) is 73.7 cm³/mol. The zero-order chi connectivity index (χ0) is 10.4. The average molecular weight is 385 g/mol. The first kappa shape index (κ1) is 12.7. The van der Waals surface area contributed by atoms with E-state index < -0.39 is 0 Å². The van der Waals surface area contributed by atoms with Gasteiger partial charge in [0.1, 0.15) is 0 Å². The molecule has 0 nitrogen and oxygen atoms in total. The summed E-state index contributed by atoms with van der Waals surface area (Å²) in [5, 5.41) is 0. The topological polar surface area (TPSA) is 0 Å². The van der Waals surface area contributed by atoms with Crippen LogP contribution in [0.1, 0.15) is 18.4 Å². The van der Waals surface area contributed by atoms with Crippen molar-refractivity contribution in [1.82, 2.24) is 0 Å². The van der Waals surface area contributed by atoms with E-state index >= 15 is 0 Å². The Kier molecular flexibility index (Phi) is 6.38. The second kappa shape index (κ2) is 7.02. The molecule has 0 amide bonds. The maximum absolute atomic E-state index is 3.68. The van der Waals surface area contributed by atoms with Gasteiger partial charge in [0.25, 0.3) is 0 Å². The van der Waals surface area contributed by atoms with Gasteiger partial charge in [-0.1, -0.05) is 78.1 Å². The van der Waals surface area contributed by atoms with Crippen LogP contribution in [0.4, 0.5) is 0 Å². The molecule has 0 aliphatic carbocycles. The van der Waals surface area contributed by atoms with Crippen LogP contribution in [0, 0.1) is 0 Å². The van der Waals surface area contributed by atoms with Crippen molar-refractivity contribution >= 4 is 47.8 Å². The summed E-state index contributed by atoms with van der Waals surface area (Å²) in [4.78, 5) is 0.575. The molecule has 1 aromatic carbocycles. The van der Waals surface area contributed by atoms with Crippen molar-refractivity contribution in [2.24, 2.45) is 0 Å². The number of benzene rings is 1. The normalized spacial score (nSPS) is 13.1. The summed E-state index contributed by atoms with van der Waals surface area (Å²) in [5.41, 5.74) is 1.41. The molecule has 1 rings (SSSR count). The van der Waals surface area contributed by atoms with Gasteiger partial charge in [-0.2, -0.15) is 0 Å². The standard InChI is InChI=1S/C11H13Br3/c12-10(8-11(13)14)7-6-9-4-2-1-3-5-9/h1-5,10-11H,6-8H2. The fourth-order valence-corrected chi connectivity index (χ4v) is 3.79. The van der Waals surface area contributed by atoms with Gasteiger partial charge < -0.3 is 0 Å². The SMILES string of the molecule is BrC(Br)CC(Br)CCc1ccccc1. The van der Waals surface area contributed by atoms with E-state index in [1.807, 2.05) is 0 Å². The fraction of sp³-hybridized carbons (Fsp3) is 0.455. The zero-order valence-corrected chi connectivity index (χ0v) is 12.6. The van der Waals surface area contributed by atoms with Gasteiger partial charge in [0, 0.05) is 4.83 Å². The van der Waals surface area contributed by atoms with Crippen molar-refractivity contribution in [3.05, 3.63) is 35.9 Å². The Bertz CT molecular complexity index is 246. The lowest BCUT2D eigenvalue weighted by atomic mass is 10.1. The van der Waals surface area contributed by atoms with Crippen molar-refractivity contribution in [2.75, 3.05) is 0 Å². The molecule has 1 atom stereocenters. The number of aryl methyl sites for hydroxylation is 1. The van der Waals surface area contributed by atoms with Crippen LogP contribution in [0.25, 0.3) is 0 Å². The highest BCUT2D eigenvalue weighted by Crippen LogP contribution is 2.22. The van der Waals surface area contributed by atoms with Gasteiger partial charge in [-0.05, 0) is 24.8 Å². The van der Waals surface area contributed by atoms with Gasteiger partial charge in [0.15, 0.2) is 0 Å². The zero-order valence-electron chi connectivity index (χ0n) is 7.80. The molecule has 0 heterocycles. The van der Waals surface area contributed by atoms with Gasteiger partial charge >= 0.3 is 0 Å². The quantitative estimate of drug-likeness (QED) is 0.634. The molecule has 0 saturated heterocycles. The number of hydrogen-bond donors (Lipinski definition) is 0. The third-order valence-electron chi connectivity index (χ3n) is 2.02. The van der Waals surface area contributed by atoms with Crippen LogP contribution in [0.3, 0.4) is 0 Å². The van der Waals surface area contributed by atoms with Crippen LogP contribution in [0.2, 0.25) is 0 Å². The third-order valence-corrected chi connectivity index (χ3v) is 3.60. The number of halogens is 3. The molecule has 0 aromatic heterocycles. The first-order chi connectivity index (χ1) is 6.68. The van der Waals surface area contributed by atoms with E-state index in [0.29, 0.717) is 8.56 Å². The van der Waals surface area contributed by atoms with Crippen molar-refractivity contribution in [2.45, 2.75) is 27.8 Å². The van der Waals surface area contributed by atoms with Crippen molar-refractivity contribution < 1.29 is 0 Å². The molecular weight excluding hydrogens is 372 g/mol. The van der Waals surface area contributed by atoms with E-state index in [0.717, 1.165) is 12.8 Å². The highest BCUT2D eigenvalue weighted by Gasteiger charge is 2.08. The Labute approximate surface area is 111 Å². The molecule has 78 valence electrons. The first-order valence-electron chi connectivity index (χ1n) is 4.64. The van der Waals surface area contributed by atoms with Crippen LogP contribution in [-0.4, -0.2) is 8.56 Å². The molecule has 0 aliphatic heterocycles. The molecule has 3 heteroatoms.